The van der Waals surface area contributed by atoms with E-state index in [0.717, 1.165) is 16.5 Å². The van der Waals surface area contributed by atoms with Gasteiger partial charge in [0, 0.05) is 22.9 Å². The van der Waals surface area contributed by atoms with Crippen LogP contribution in [-0.4, -0.2) is 43.2 Å². The molecule has 4 aromatic rings. The van der Waals surface area contributed by atoms with Gasteiger partial charge >= 0.3 is 0 Å². The highest BCUT2D eigenvalue weighted by Gasteiger charge is 2.43. The number of pyridine rings is 2. The number of hydrogen-bond donors (Lipinski definition) is 3. The number of methoxy groups -OCH3 is 1. The lowest BCUT2D eigenvalue weighted by Crippen LogP contribution is -2.51. The van der Waals surface area contributed by atoms with Gasteiger partial charge in [-0.3, -0.25) is 5.73 Å². The first-order valence-electron chi connectivity index (χ1n) is 10.1. The van der Waals surface area contributed by atoms with Crippen LogP contribution in [0.25, 0.3) is 28.0 Å². The van der Waals surface area contributed by atoms with Gasteiger partial charge in [-0.25, -0.2) is 9.67 Å². The summed E-state index contributed by atoms with van der Waals surface area (Å²) in [6, 6.07) is 16.9. The third kappa shape index (κ3) is 3.44. The van der Waals surface area contributed by atoms with Crippen LogP contribution in [0.3, 0.4) is 0 Å². The molecule has 1 fully saturated rings. The average molecular weight is 417 g/mol. The molecule has 1 aromatic carbocycles. The highest BCUT2D eigenvalue weighted by Crippen LogP contribution is 2.39. The average Bonchev–Trinajstić information content (AvgIpc) is 3.20. The van der Waals surface area contributed by atoms with E-state index in [4.69, 9.17) is 10.5 Å². The molecule has 1 atom stereocenters. The summed E-state index contributed by atoms with van der Waals surface area (Å²) in [5.41, 5.74) is 7.44. The van der Waals surface area contributed by atoms with Crippen molar-refractivity contribution in [3.8, 4) is 23.0 Å². The van der Waals surface area contributed by atoms with E-state index in [9.17, 15) is 10.2 Å². The van der Waals surface area contributed by atoms with E-state index < -0.39 is 11.8 Å². The van der Waals surface area contributed by atoms with Crippen molar-refractivity contribution in [2.75, 3.05) is 7.11 Å². The normalized spacial score (nSPS) is 20.3. The molecule has 0 bridgehead atoms. The van der Waals surface area contributed by atoms with E-state index >= 15 is 0 Å². The van der Waals surface area contributed by atoms with E-state index in [1.54, 1.807) is 30.1 Å². The Morgan fingerprint density at radius 2 is 1.90 bits per heavy atom. The summed E-state index contributed by atoms with van der Waals surface area (Å²) in [5, 5.41) is 25.9. The molecule has 0 amide bonds. The summed E-state index contributed by atoms with van der Waals surface area (Å²) in [6.45, 7) is 0. The zero-order valence-electron chi connectivity index (χ0n) is 17.0. The van der Waals surface area contributed by atoms with Crippen LogP contribution in [0.2, 0.25) is 0 Å². The molecule has 8 nitrogen and oxygen atoms in total. The molecule has 0 saturated heterocycles. The number of aliphatic hydroxyl groups is 2. The summed E-state index contributed by atoms with van der Waals surface area (Å²) in [5.74, 6) is 0.941. The van der Waals surface area contributed by atoms with E-state index in [1.165, 1.54) is 0 Å². The Bertz CT molecular complexity index is 1250. The molecule has 0 spiro atoms. The lowest BCUT2D eigenvalue weighted by molar-refractivity contribution is -0.102. The van der Waals surface area contributed by atoms with Gasteiger partial charge in [-0.05, 0) is 37.1 Å². The summed E-state index contributed by atoms with van der Waals surface area (Å²) in [6.07, 6.45) is 2.32. The minimum absolute atomic E-state index is 0.215. The van der Waals surface area contributed by atoms with Gasteiger partial charge in [0.1, 0.15) is 0 Å². The molecule has 158 valence electrons. The minimum Gasteiger partial charge on any atom is -0.481 e. The van der Waals surface area contributed by atoms with Gasteiger partial charge in [-0.15, -0.1) is 0 Å². The van der Waals surface area contributed by atoms with Gasteiger partial charge < -0.3 is 14.9 Å². The molecule has 1 aliphatic carbocycles. The predicted octanol–water partition coefficient (Wildman–Crippen LogP) is 2.37. The third-order valence-corrected chi connectivity index (χ3v) is 5.90. The van der Waals surface area contributed by atoms with Crippen LogP contribution in [-0.2, 0) is 5.72 Å². The maximum absolute atomic E-state index is 10.8. The van der Waals surface area contributed by atoms with Crippen LogP contribution in [0.4, 0.5) is 0 Å². The topological polar surface area (TPSA) is 119 Å². The smallest absolute Gasteiger partial charge is 0.214 e. The van der Waals surface area contributed by atoms with Gasteiger partial charge in [0.25, 0.3) is 0 Å². The Morgan fingerprint density at radius 3 is 2.68 bits per heavy atom. The van der Waals surface area contributed by atoms with E-state index in [0.29, 0.717) is 35.9 Å². The Morgan fingerprint density at radius 1 is 1.10 bits per heavy atom. The molecule has 0 aliphatic heterocycles. The Kier molecular flexibility index (Phi) is 4.70. The van der Waals surface area contributed by atoms with Crippen molar-refractivity contribution in [2.24, 2.45) is 11.7 Å². The molecular formula is C23H23N5O3. The lowest BCUT2D eigenvalue weighted by Gasteiger charge is -2.41. The number of nitrogens with zero attached hydrogens (tertiary/aromatic N) is 4. The fourth-order valence-corrected chi connectivity index (χ4v) is 3.97. The number of ether oxygens (including phenoxy) is 1. The van der Waals surface area contributed by atoms with E-state index in [2.05, 4.69) is 15.1 Å². The van der Waals surface area contributed by atoms with Gasteiger partial charge in [-0.1, -0.05) is 24.3 Å². The van der Waals surface area contributed by atoms with Crippen molar-refractivity contribution in [3.05, 3.63) is 66.5 Å². The summed E-state index contributed by atoms with van der Waals surface area (Å²) in [7, 11) is 1.58. The van der Waals surface area contributed by atoms with Crippen LogP contribution >= 0.6 is 0 Å². The molecule has 3 aromatic heterocycles. The van der Waals surface area contributed by atoms with Crippen LogP contribution < -0.4 is 10.5 Å². The fraction of sp³-hybridized carbons (Fsp3) is 0.261. The first kappa shape index (κ1) is 19.6. The molecule has 1 saturated carbocycles. The van der Waals surface area contributed by atoms with Crippen LogP contribution in [0.15, 0.2) is 60.8 Å². The van der Waals surface area contributed by atoms with Crippen molar-refractivity contribution in [3.63, 3.8) is 0 Å². The summed E-state index contributed by atoms with van der Waals surface area (Å²) in [4.78, 5) is 9.11. The van der Waals surface area contributed by atoms with Gasteiger partial charge in [0.15, 0.2) is 11.5 Å². The zero-order valence-corrected chi connectivity index (χ0v) is 17.0. The number of rotatable bonds is 5. The molecule has 4 N–H and O–H groups in total. The maximum atomic E-state index is 10.8. The van der Waals surface area contributed by atoms with Gasteiger partial charge in [-0.2, -0.15) is 10.1 Å². The fourth-order valence-electron chi connectivity index (χ4n) is 3.97. The second-order valence-electron chi connectivity index (χ2n) is 7.92. The molecule has 0 radical (unpaired) electrons. The van der Waals surface area contributed by atoms with Crippen LogP contribution in [0.1, 0.15) is 18.5 Å². The monoisotopic (exact) mass is 417 g/mol. The quantitative estimate of drug-likeness (QED) is 0.427. The molecule has 3 heterocycles. The Balaban J connectivity index is 1.54. The highest BCUT2D eigenvalue weighted by atomic mass is 16.5. The van der Waals surface area contributed by atoms with Crippen molar-refractivity contribution >= 4 is 10.9 Å². The van der Waals surface area contributed by atoms with Crippen molar-refractivity contribution in [1.82, 2.24) is 19.7 Å². The van der Waals surface area contributed by atoms with Gasteiger partial charge in [0.05, 0.1) is 36.3 Å². The maximum Gasteiger partial charge on any atom is 0.214 e. The van der Waals surface area contributed by atoms with Gasteiger partial charge in [0.2, 0.25) is 5.88 Å². The number of nitrogens with two attached hydrogens (primary N) is 1. The van der Waals surface area contributed by atoms with E-state index in [-0.39, 0.29) is 5.92 Å². The minimum atomic E-state index is -1.58. The SMILES string of the molecule is COc1cccc(-n2ncc3ccc(-c4cccc([C@@](N)(O)C5CC(O)C5)n4)cc32)n1. The van der Waals surface area contributed by atoms with Crippen LogP contribution in [0, 0.1) is 5.92 Å². The van der Waals surface area contributed by atoms with E-state index in [1.807, 2.05) is 42.5 Å². The third-order valence-electron chi connectivity index (χ3n) is 5.90. The molecular weight excluding hydrogens is 394 g/mol. The second kappa shape index (κ2) is 7.42. The van der Waals surface area contributed by atoms with Crippen molar-refractivity contribution < 1.29 is 14.9 Å². The largest absolute Gasteiger partial charge is 0.481 e. The molecule has 1 aliphatic rings. The number of fused-ring (bicyclic) bond motifs is 1. The number of aliphatic hydroxyl groups excluding tert-OH is 1. The van der Waals surface area contributed by atoms with Crippen molar-refractivity contribution in [1.29, 1.82) is 0 Å². The number of hydrogen-bond acceptors (Lipinski definition) is 7. The van der Waals surface area contributed by atoms with Crippen LogP contribution in [0.5, 0.6) is 5.88 Å². The molecule has 0 unspecified atom stereocenters. The standard InChI is InChI=1S/C23H23N5O3/c1-31-22-7-3-6-21(27-22)28-19-10-14(8-9-15(19)13-25-28)18-4-2-5-20(26-18)23(24,30)16-11-17(29)12-16/h2-10,13,16-17,29-30H,11-12,24H2,1H3/t16?,17?,23-/m0/s1. The highest BCUT2D eigenvalue weighted by molar-refractivity contribution is 5.84. The lowest BCUT2D eigenvalue weighted by atomic mass is 9.74. The molecule has 31 heavy (non-hydrogen) atoms. The Labute approximate surface area is 178 Å². The second-order valence-corrected chi connectivity index (χ2v) is 7.92. The summed E-state index contributed by atoms with van der Waals surface area (Å²) < 4.78 is 6.98. The molecule has 5 rings (SSSR count). The molecule has 8 heteroatoms. The zero-order chi connectivity index (χ0) is 21.6. The first-order valence-corrected chi connectivity index (χ1v) is 10.1. The predicted molar refractivity (Wildman–Crippen MR) is 115 cm³/mol. The number of benzene rings is 1. The number of aromatic nitrogens is 4. The first-order chi connectivity index (χ1) is 15.0. The summed E-state index contributed by atoms with van der Waals surface area (Å²) >= 11 is 0. The Hall–Kier alpha value is -3.33. The van der Waals surface area contributed by atoms with Crippen molar-refractivity contribution in [2.45, 2.75) is 24.7 Å².